The van der Waals surface area contributed by atoms with E-state index in [1.807, 2.05) is 19.1 Å². The van der Waals surface area contributed by atoms with Crippen molar-refractivity contribution in [2.45, 2.75) is 108 Å². The van der Waals surface area contributed by atoms with Gasteiger partial charge in [0.15, 0.2) is 6.29 Å². The lowest BCUT2D eigenvalue weighted by molar-refractivity contribution is -0.212. The van der Waals surface area contributed by atoms with Crippen molar-refractivity contribution in [1.82, 2.24) is 4.83 Å². The van der Waals surface area contributed by atoms with E-state index < -0.39 is 10.0 Å². The first-order valence-electron chi connectivity index (χ1n) is 15.3. The van der Waals surface area contributed by atoms with Crippen LogP contribution in [-0.2, 0) is 19.5 Å². The smallest absolute Gasteiger partial charge is 0.276 e. The molecular weight excluding hydrogens is 512 g/mol. The fraction of sp³-hybridized carbons (Fsp3) is 0.774. The van der Waals surface area contributed by atoms with Gasteiger partial charge in [0.1, 0.15) is 0 Å². The molecule has 4 aliphatic carbocycles. The molecule has 0 radical (unpaired) electrons. The van der Waals surface area contributed by atoms with Gasteiger partial charge < -0.3 is 14.6 Å². The average molecular weight is 559 g/mol. The highest BCUT2D eigenvalue weighted by Gasteiger charge is 2.61. The van der Waals surface area contributed by atoms with Crippen molar-refractivity contribution >= 4 is 15.7 Å². The van der Waals surface area contributed by atoms with Crippen LogP contribution < -0.4 is 4.83 Å². The number of fused-ring (bicyclic) bond motifs is 5. The van der Waals surface area contributed by atoms with E-state index in [1.54, 1.807) is 12.1 Å². The van der Waals surface area contributed by atoms with Gasteiger partial charge in [-0.1, -0.05) is 24.6 Å². The third-order valence-electron chi connectivity index (χ3n) is 11.5. The molecule has 1 saturated heterocycles. The lowest BCUT2D eigenvalue weighted by Gasteiger charge is -2.61. The highest BCUT2D eigenvalue weighted by atomic mass is 32.2. The van der Waals surface area contributed by atoms with Crippen molar-refractivity contribution in [2.24, 2.45) is 39.6 Å². The first kappa shape index (κ1) is 27.7. The molecule has 5 aliphatic rings. The van der Waals surface area contributed by atoms with Gasteiger partial charge in [0.25, 0.3) is 10.0 Å². The molecule has 6 rings (SSSR count). The maximum absolute atomic E-state index is 12.9. The molecule has 1 aromatic rings. The zero-order chi connectivity index (χ0) is 27.3. The first-order chi connectivity index (χ1) is 18.7. The van der Waals surface area contributed by atoms with E-state index in [4.69, 9.17) is 9.47 Å². The molecule has 0 amide bonds. The maximum Gasteiger partial charge on any atom is 0.276 e. The Bertz CT molecular complexity index is 1160. The van der Waals surface area contributed by atoms with Crippen molar-refractivity contribution in [3.63, 3.8) is 0 Å². The third-order valence-corrected chi connectivity index (χ3v) is 12.7. The number of hydrogen-bond donors (Lipinski definition) is 2. The first-order valence-corrected chi connectivity index (χ1v) is 16.7. The van der Waals surface area contributed by atoms with Crippen LogP contribution in [0.4, 0.5) is 0 Å². The summed E-state index contributed by atoms with van der Waals surface area (Å²) in [7, 11) is -3.69. The number of nitrogens with one attached hydrogen (secondary N) is 1. The summed E-state index contributed by atoms with van der Waals surface area (Å²) >= 11 is 0. The second-order valence-electron chi connectivity index (χ2n) is 13.4. The Morgan fingerprint density at radius 2 is 1.87 bits per heavy atom. The fourth-order valence-corrected chi connectivity index (χ4v) is 10.1. The van der Waals surface area contributed by atoms with Crippen LogP contribution in [0.3, 0.4) is 0 Å². The Hall–Kier alpha value is -1.48. The van der Waals surface area contributed by atoms with Crippen LogP contribution in [0.1, 0.15) is 89.5 Å². The largest absolute Gasteiger partial charge is 0.393 e. The van der Waals surface area contributed by atoms with E-state index >= 15 is 0 Å². The van der Waals surface area contributed by atoms with Gasteiger partial charge in [-0.25, -0.2) is 4.83 Å². The number of benzene rings is 1. The van der Waals surface area contributed by atoms with Crippen LogP contribution in [0.15, 0.2) is 34.3 Å². The van der Waals surface area contributed by atoms with Gasteiger partial charge in [-0.3, -0.25) is 0 Å². The topological polar surface area (TPSA) is 97.2 Å². The summed E-state index contributed by atoms with van der Waals surface area (Å²) in [6.45, 7) is 5.78. The molecule has 8 atom stereocenters. The van der Waals surface area contributed by atoms with E-state index in [0.717, 1.165) is 95.1 Å². The molecule has 5 fully saturated rings. The van der Waals surface area contributed by atoms with Crippen molar-refractivity contribution in [3.05, 3.63) is 29.8 Å². The van der Waals surface area contributed by atoms with Gasteiger partial charge in [0.2, 0.25) is 0 Å². The summed E-state index contributed by atoms with van der Waals surface area (Å²) in [6, 6.07) is 6.88. The molecule has 1 aliphatic heterocycles. The van der Waals surface area contributed by atoms with Gasteiger partial charge in [0, 0.05) is 17.7 Å². The van der Waals surface area contributed by atoms with E-state index in [2.05, 4.69) is 16.9 Å². The standard InChI is InChI=1S/C31H46N2O5S/c1-21-6-9-24(10-7-21)39(35,36)33-32-23-14-17-31(20-38-29-5-3-4-18-37-29)22(19-23)8-11-25-26-12-13-28(34)30(26,2)16-15-27(25)31/h6-7,9-10,22,25-29,33-34H,3-5,8,11-20H2,1-2H3/b32-23+/t22-,25-,26-,27-,28-,29?,30-,31+/m0/s1. The summed E-state index contributed by atoms with van der Waals surface area (Å²) in [5.74, 6) is 2.22. The van der Waals surface area contributed by atoms with E-state index in [-0.39, 0.29) is 28.1 Å². The Morgan fingerprint density at radius 3 is 2.64 bits per heavy atom. The fourth-order valence-electron chi connectivity index (χ4n) is 9.20. The maximum atomic E-state index is 12.9. The van der Waals surface area contributed by atoms with Gasteiger partial charge in [0.05, 0.1) is 17.6 Å². The molecule has 2 N–H and O–H groups in total. The lowest BCUT2D eigenvalue weighted by atomic mass is 9.44. The van der Waals surface area contributed by atoms with E-state index in [0.29, 0.717) is 23.7 Å². The number of rotatable bonds is 6. The van der Waals surface area contributed by atoms with Crippen LogP contribution in [0.2, 0.25) is 0 Å². The Morgan fingerprint density at radius 1 is 1.05 bits per heavy atom. The summed E-state index contributed by atoms with van der Waals surface area (Å²) in [6.07, 6.45) is 12.1. The van der Waals surface area contributed by atoms with Gasteiger partial charge >= 0.3 is 0 Å². The van der Waals surface area contributed by atoms with Crippen LogP contribution in [0.5, 0.6) is 0 Å². The molecule has 4 saturated carbocycles. The Kier molecular flexibility index (Phi) is 7.62. The second-order valence-corrected chi connectivity index (χ2v) is 15.1. The normalized spacial score (nSPS) is 41.5. The van der Waals surface area contributed by atoms with Gasteiger partial charge in [-0.05, 0) is 125 Å². The van der Waals surface area contributed by atoms with Crippen molar-refractivity contribution in [3.8, 4) is 0 Å². The molecule has 0 bridgehead atoms. The van der Waals surface area contributed by atoms with E-state index in [9.17, 15) is 13.5 Å². The average Bonchev–Trinajstić information content (AvgIpc) is 3.25. The number of sulfonamides is 1. The van der Waals surface area contributed by atoms with Crippen LogP contribution in [0.25, 0.3) is 0 Å². The number of aliphatic hydroxyl groups is 1. The summed E-state index contributed by atoms with van der Waals surface area (Å²) < 4.78 is 38.3. The molecule has 7 nitrogen and oxygen atoms in total. The quantitative estimate of drug-likeness (QED) is 0.446. The Balaban J connectivity index is 1.22. The minimum Gasteiger partial charge on any atom is -0.393 e. The minimum absolute atomic E-state index is 0.0536. The highest BCUT2D eigenvalue weighted by molar-refractivity contribution is 7.89. The number of aryl methyl sites for hydroxylation is 1. The zero-order valence-corrected chi connectivity index (χ0v) is 24.4. The molecule has 39 heavy (non-hydrogen) atoms. The number of nitrogens with zero attached hydrogens (tertiary/aromatic N) is 1. The summed E-state index contributed by atoms with van der Waals surface area (Å²) in [4.78, 5) is 2.78. The molecule has 0 aromatic heterocycles. The molecule has 1 aromatic carbocycles. The number of aliphatic hydroxyl groups excluding tert-OH is 1. The van der Waals surface area contributed by atoms with Crippen molar-refractivity contribution in [2.75, 3.05) is 13.2 Å². The predicted molar refractivity (Wildman–Crippen MR) is 151 cm³/mol. The van der Waals surface area contributed by atoms with Crippen molar-refractivity contribution < 1.29 is 23.0 Å². The Labute approximate surface area is 234 Å². The highest BCUT2D eigenvalue weighted by Crippen LogP contribution is 2.66. The summed E-state index contributed by atoms with van der Waals surface area (Å²) in [5, 5.41) is 15.4. The second kappa shape index (κ2) is 10.7. The summed E-state index contributed by atoms with van der Waals surface area (Å²) in [5.41, 5.74) is 2.09. The number of hydrogen-bond acceptors (Lipinski definition) is 6. The van der Waals surface area contributed by atoms with Crippen LogP contribution in [0, 0.1) is 41.4 Å². The van der Waals surface area contributed by atoms with Gasteiger partial charge in [-0.2, -0.15) is 13.5 Å². The number of hydrazone groups is 1. The predicted octanol–water partition coefficient (Wildman–Crippen LogP) is 5.56. The third kappa shape index (κ3) is 5.08. The lowest BCUT2D eigenvalue weighted by Crippen LogP contribution is -2.57. The monoisotopic (exact) mass is 558 g/mol. The molecule has 1 heterocycles. The molecule has 216 valence electrons. The molecule has 1 unspecified atom stereocenters. The van der Waals surface area contributed by atoms with Crippen LogP contribution in [-0.4, -0.2) is 44.8 Å². The molecular formula is C31H46N2O5S. The van der Waals surface area contributed by atoms with Crippen molar-refractivity contribution in [1.29, 1.82) is 0 Å². The van der Waals surface area contributed by atoms with Crippen LogP contribution >= 0.6 is 0 Å². The van der Waals surface area contributed by atoms with E-state index in [1.165, 1.54) is 6.42 Å². The molecule has 0 spiro atoms. The minimum atomic E-state index is -3.69. The SMILES string of the molecule is Cc1ccc(S(=O)(=O)N/N=C2\CC[C@@]3(COC4CCCCO4)[C@@H](CC[C@H]4[C@@H]5CC[C@H](O)[C@@]5(C)CC[C@@H]43)C2)cc1. The zero-order valence-electron chi connectivity index (χ0n) is 23.6. The molecule has 8 heteroatoms. The number of ether oxygens (including phenoxy) is 2. The van der Waals surface area contributed by atoms with Gasteiger partial charge in [-0.15, -0.1) is 0 Å².